The van der Waals surface area contributed by atoms with Crippen LogP contribution >= 0.6 is 0 Å². The molecule has 1 atom stereocenters. The van der Waals surface area contributed by atoms with Crippen LogP contribution in [0.25, 0.3) is 0 Å². The number of carbonyl (C=O) groups is 1. The van der Waals surface area contributed by atoms with E-state index in [2.05, 4.69) is 10.00 Å². The fraction of sp³-hybridized carbons (Fsp3) is 0.444. The Morgan fingerprint density at radius 3 is 2.88 bits per heavy atom. The molecule has 1 aliphatic rings. The van der Waals surface area contributed by atoms with Gasteiger partial charge in [0.1, 0.15) is 5.82 Å². The Balaban J connectivity index is 1.55. The molecule has 0 radical (unpaired) electrons. The highest BCUT2D eigenvalue weighted by molar-refractivity contribution is 5.99. The summed E-state index contributed by atoms with van der Waals surface area (Å²) in [4.78, 5) is 16.3. The van der Waals surface area contributed by atoms with E-state index in [1.807, 2.05) is 26.5 Å². The predicted octanol–water partition coefficient (Wildman–Crippen LogP) is 2.23. The number of halogens is 1. The third kappa shape index (κ3) is 3.48. The molecule has 1 fully saturated rings. The van der Waals surface area contributed by atoms with Crippen LogP contribution in [0.1, 0.15) is 18.4 Å². The summed E-state index contributed by atoms with van der Waals surface area (Å²) in [6, 6.07) is 6.29. The quantitative estimate of drug-likeness (QED) is 0.816. The van der Waals surface area contributed by atoms with E-state index >= 15 is 0 Å². The Morgan fingerprint density at radius 2 is 2.17 bits per heavy atom. The van der Waals surface area contributed by atoms with Gasteiger partial charge in [-0.1, -0.05) is 12.1 Å². The second-order valence-corrected chi connectivity index (χ2v) is 6.35. The standard InChI is InChI=1S/C18H23FN4O/c1-21(10-5-6-14-12-20-22(2)13-14)17-9-11-23(18(17)24)16-8-4-3-7-15(16)19/h3-4,7-8,12-13,17H,5-6,9-11H2,1-2H3. The number of rotatable bonds is 6. The maximum Gasteiger partial charge on any atom is 0.244 e. The smallest absolute Gasteiger partial charge is 0.244 e. The predicted molar refractivity (Wildman–Crippen MR) is 91.3 cm³/mol. The van der Waals surface area contributed by atoms with Crippen LogP contribution in [0.15, 0.2) is 36.7 Å². The molecule has 1 aromatic carbocycles. The zero-order valence-corrected chi connectivity index (χ0v) is 14.2. The van der Waals surface area contributed by atoms with E-state index in [-0.39, 0.29) is 17.8 Å². The van der Waals surface area contributed by atoms with E-state index in [1.165, 1.54) is 11.6 Å². The molecule has 1 amide bonds. The summed E-state index contributed by atoms with van der Waals surface area (Å²) in [5.41, 5.74) is 1.59. The molecule has 0 bridgehead atoms. The van der Waals surface area contributed by atoms with Crippen LogP contribution in [0.2, 0.25) is 0 Å². The molecule has 0 N–H and O–H groups in total. The molecular weight excluding hydrogens is 307 g/mol. The second-order valence-electron chi connectivity index (χ2n) is 6.35. The zero-order valence-electron chi connectivity index (χ0n) is 14.2. The highest BCUT2D eigenvalue weighted by Crippen LogP contribution is 2.26. The molecule has 0 spiro atoms. The van der Waals surface area contributed by atoms with E-state index in [4.69, 9.17) is 0 Å². The molecule has 3 rings (SSSR count). The monoisotopic (exact) mass is 330 g/mol. The third-order valence-electron chi connectivity index (χ3n) is 4.59. The van der Waals surface area contributed by atoms with Crippen molar-refractivity contribution in [2.24, 2.45) is 7.05 Å². The largest absolute Gasteiger partial charge is 0.308 e. The highest BCUT2D eigenvalue weighted by atomic mass is 19.1. The van der Waals surface area contributed by atoms with E-state index in [1.54, 1.807) is 27.8 Å². The summed E-state index contributed by atoms with van der Waals surface area (Å²) < 4.78 is 15.7. The lowest BCUT2D eigenvalue weighted by Crippen LogP contribution is -2.40. The number of hydrogen-bond donors (Lipinski definition) is 0. The van der Waals surface area contributed by atoms with Crippen LogP contribution in [0.5, 0.6) is 0 Å². The van der Waals surface area contributed by atoms with Gasteiger partial charge in [-0.25, -0.2) is 4.39 Å². The van der Waals surface area contributed by atoms with E-state index in [0.717, 1.165) is 25.8 Å². The molecule has 0 saturated carbocycles. The number of amides is 1. The minimum Gasteiger partial charge on any atom is -0.308 e. The number of aromatic nitrogens is 2. The normalized spacial score (nSPS) is 17.9. The van der Waals surface area contributed by atoms with Crippen molar-refractivity contribution in [2.75, 3.05) is 25.0 Å². The van der Waals surface area contributed by atoms with Crippen molar-refractivity contribution in [1.82, 2.24) is 14.7 Å². The number of hydrogen-bond acceptors (Lipinski definition) is 3. The van der Waals surface area contributed by atoms with E-state index in [9.17, 15) is 9.18 Å². The maximum atomic E-state index is 13.9. The fourth-order valence-corrected chi connectivity index (χ4v) is 3.27. The highest BCUT2D eigenvalue weighted by Gasteiger charge is 2.35. The van der Waals surface area contributed by atoms with Crippen LogP contribution in [-0.2, 0) is 18.3 Å². The molecule has 1 aliphatic heterocycles. The van der Waals surface area contributed by atoms with Crippen LogP contribution in [0.3, 0.4) is 0 Å². The molecule has 1 unspecified atom stereocenters. The molecule has 128 valence electrons. The summed E-state index contributed by atoms with van der Waals surface area (Å²) in [5, 5.41) is 4.16. The molecule has 5 nitrogen and oxygen atoms in total. The van der Waals surface area contributed by atoms with Gasteiger partial charge in [0.25, 0.3) is 0 Å². The molecule has 1 aromatic heterocycles. The van der Waals surface area contributed by atoms with Crippen molar-refractivity contribution >= 4 is 11.6 Å². The molecule has 24 heavy (non-hydrogen) atoms. The first-order valence-electron chi connectivity index (χ1n) is 8.30. The Kier molecular flexibility index (Phi) is 4.94. The van der Waals surface area contributed by atoms with E-state index < -0.39 is 0 Å². The zero-order chi connectivity index (χ0) is 17.1. The maximum absolute atomic E-state index is 13.9. The summed E-state index contributed by atoms with van der Waals surface area (Å²) in [6.07, 6.45) is 6.53. The van der Waals surface area contributed by atoms with Gasteiger partial charge in [-0.05, 0) is 50.6 Å². The number of benzene rings is 1. The lowest BCUT2D eigenvalue weighted by Gasteiger charge is -2.23. The Morgan fingerprint density at radius 1 is 1.38 bits per heavy atom. The van der Waals surface area contributed by atoms with Crippen LogP contribution in [0.4, 0.5) is 10.1 Å². The molecule has 2 aromatic rings. The first-order valence-corrected chi connectivity index (χ1v) is 8.30. The van der Waals surface area contributed by atoms with Gasteiger partial charge >= 0.3 is 0 Å². The van der Waals surface area contributed by atoms with Crippen molar-refractivity contribution in [3.8, 4) is 0 Å². The third-order valence-corrected chi connectivity index (χ3v) is 4.59. The van der Waals surface area contributed by atoms with Gasteiger partial charge in [-0.2, -0.15) is 5.10 Å². The fourth-order valence-electron chi connectivity index (χ4n) is 3.27. The van der Waals surface area contributed by atoms with Gasteiger partial charge in [-0.3, -0.25) is 14.4 Å². The number of para-hydroxylation sites is 1. The molecule has 6 heteroatoms. The Bertz CT molecular complexity index is 715. The van der Waals surface area contributed by atoms with Crippen LogP contribution in [0, 0.1) is 5.82 Å². The topological polar surface area (TPSA) is 41.4 Å². The van der Waals surface area contributed by atoms with Gasteiger partial charge < -0.3 is 4.90 Å². The molecule has 2 heterocycles. The molecular formula is C18H23FN4O. The number of aryl methyl sites for hydroxylation is 2. The number of anilines is 1. The Labute approximate surface area is 141 Å². The lowest BCUT2D eigenvalue weighted by molar-refractivity contribution is -0.121. The second kappa shape index (κ2) is 7.13. The van der Waals surface area contributed by atoms with Gasteiger partial charge in [0.2, 0.25) is 5.91 Å². The van der Waals surface area contributed by atoms with Crippen molar-refractivity contribution in [2.45, 2.75) is 25.3 Å². The minimum atomic E-state index is -0.342. The Hall–Kier alpha value is -2.21. The average Bonchev–Trinajstić information content (AvgIpc) is 3.14. The van der Waals surface area contributed by atoms with E-state index in [0.29, 0.717) is 12.2 Å². The summed E-state index contributed by atoms with van der Waals surface area (Å²) >= 11 is 0. The number of carbonyl (C=O) groups excluding carboxylic acids is 1. The van der Waals surface area contributed by atoms with Crippen molar-refractivity contribution in [3.05, 3.63) is 48.0 Å². The van der Waals surface area contributed by atoms with Gasteiger partial charge in [0, 0.05) is 19.8 Å². The summed E-state index contributed by atoms with van der Waals surface area (Å²) in [6.45, 7) is 1.40. The van der Waals surface area contributed by atoms with Crippen molar-refractivity contribution < 1.29 is 9.18 Å². The lowest BCUT2D eigenvalue weighted by atomic mass is 10.1. The summed E-state index contributed by atoms with van der Waals surface area (Å²) in [7, 11) is 3.88. The average molecular weight is 330 g/mol. The number of nitrogens with zero attached hydrogens (tertiary/aromatic N) is 4. The number of likely N-dealkylation sites (N-methyl/N-ethyl adjacent to an activating group) is 1. The van der Waals surface area contributed by atoms with Crippen molar-refractivity contribution in [1.29, 1.82) is 0 Å². The first-order chi connectivity index (χ1) is 11.6. The van der Waals surface area contributed by atoms with Gasteiger partial charge in [0.05, 0.1) is 17.9 Å². The van der Waals surface area contributed by atoms with Gasteiger partial charge in [0.15, 0.2) is 0 Å². The van der Waals surface area contributed by atoms with Gasteiger partial charge in [-0.15, -0.1) is 0 Å². The molecule has 1 saturated heterocycles. The SMILES string of the molecule is CN(CCCc1cnn(C)c1)C1CCN(c2ccccc2F)C1=O. The van der Waals surface area contributed by atoms with Crippen molar-refractivity contribution in [3.63, 3.8) is 0 Å². The summed E-state index contributed by atoms with van der Waals surface area (Å²) in [5.74, 6) is -0.352. The van der Waals surface area contributed by atoms with Crippen LogP contribution in [-0.4, -0.2) is 46.8 Å². The van der Waals surface area contributed by atoms with Crippen LogP contribution < -0.4 is 4.90 Å². The first kappa shape index (κ1) is 16.6. The molecule has 0 aliphatic carbocycles. The minimum absolute atomic E-state index is 0.0102.